The van der Waals surface area contributed by atoms with Crippen LogP contribution in [-0.4, -0.2) is 36.0 Å². The molecule has 0 aliphatic heterocycles. The maximum Gasteiger partial charge on any atom is 0.416 e. The first-order chi connectivity index (χ1) is 14.9. The Morgan fingerprint density at radius 2 is 2.00 bits per heavy atom. The number of thioether (sulfide) groups is 1. The molecule has 4 aromatic rings. The maximum absolute atomic E-state index is 13.2. The van der Waals surface area contributed by atoms with E-state index >= 15 is 0 Å². The van der Waals surface area contributed by atoms with E-state index in [-0.39, 0.29) is 17.1 Å². The monoisotopic (exact) mass is 446 g/mol. The van der Waals surface area contributed by atoms with E-state index in [0.29, 0.717) is 11.7 Å². The number of fused-ring (bicyclic) bond motifs is 1. The van der Waals surface area contributed by atoms with Crippen LogP contribution in [0.4, 0.5) is 18.9 Å². The molecule has 0 unspecified atom stereocenters. The standard InChI is InChI=1S/C20H17F3N6OS/c1-2-28-16-6-4-3-5-14(16)27-19(28)31-10-18(30)26-15-9-13(20(21,22)23)7-8-17(15)29-12-24-11-25-29/h3-9,11-12H,2,10H2,1H3,(H,26,30). The Labute approximate surface area is 179 Å². The minimum absolute atomic E-state index is 0.00470. The fourth-order valence-corrected chi connectivity index (χ4v) is 4.01. The van der Waals surface area contributed by atoms with Gasteiger partial charge in [-0.2, -0.15) is 18.3 Å². The number of hydrogen-bond donors (Lipinski definition) is 1. The van der Waals surface area contributed by atoms with Crippen molar-refractivity contribution >= 4 is 34.4 Å². The number of hydrogen-bond acceptors (Lipinski definition) is 5. The number of para-hydroxylation sites is 2. The lowest BCUT2D eigenvalue weighted by atomic mass is 10.1. The van der Waals surface area contributed by atoms with Crippen LogP contribution in [0.25, 0.3) is 16.7 Å². The number of aromatic nitrogens is 5. The summed E-state index contributed by atoms with van der Waals surface area (Å²) in [6.07, 6.45) is -1.94. The quantitative estimate of drug-likeness (QED) is 0.445. The first-order valence-electron chi connectivity index (χ1n) is 9.31. The third-order valence-electron chi connectivity index (χ3n) is 4.53. The average molecular weight is 446 g/mol. The molecule has 160 valence electrons. The molecule has 0 aliphatic carbocycles. The first-order valence-corrected chi connectivity index (χ1v) is 10.3. The topological polar surface area (TPSA) is 77.6 Å². The fraction of sp³-hybridized carbons (Fsp3) is 0.200. The molecule has 0 bridgehead atoms. The summed E-state index contributed by atoms with van der Waals surface area (Å²) in [6.45, 7) is 2.65. The van der Waals surface area contributed by atoms with Gasteiger partial charge >= 0.3 is 6.18 Å². The van der Waals surface area contributed by atoms with Crippen LogP contribution in [0.3, 0.4) is 0 Å². The zero-order valence-electron chi connectivity index (χ0n) is 16.3. The van der Waals surface area contributed by atoms with Crippen molar-refractivity contribution < 1.29 is 18.0 Å². The molecule has 31 heavy (non-hydrogen) atoms. The second-order valence-corrected chi connectivity index (χ2v) is 7.48. The number of anilines is 1. The fourth-order valence-electron chi connectivity index (χ4n) is 3.13. The van der Waals surface area contributed by atoms with Crippen molar-refractivity contribution in [2.75, 3.05) is 11.1 Å². The number of aryl methyl sites for hydroxylation is 1. The summed E-state index contributed by atoms with van der Waals surface area (Å²) < 4.78 is 42.8. The summed E-state index contributed by atoms with van der Waals surface area (Å²) >= 11 is 1.22. The number of nitrogens with zero attached hydrogens (tertiary/aromatic N) is 5. The van der Waals surface area contributed by atoms with Crippen molar-refractivity contribution in [2.24, 2.45) is 0 Å². The highest BCUT2D eigenvalue weighted by molar-refractivity contribution is 7.99. The van der Waals surface area contributed by atoms with Crippen LogP contribution in [0.15, 0.2) is 60.3 Å². The molecular formula is C20H17F3N6OS. The average Bonchev–Trinajstić information content (AvgIpc) is 3.39. The van der Waals surface area contributed by atoms with Gasteiger partial charge in [-0.25, -0.2) is 14.6 Å². The van der Waals surface area contributed by atoms with Crippen molar-refractivity contribution in [3.63, 3.8) is 0 Å². The molecule has 0 saturated heterocycles. The van der Waals surface area contributed by atoms with Crippen LogP contribution in [0.5, 0.6) is 0 Å². The number of halogens is 3. The predicted octanol–water partition coefficient (Wildman–Crippen LogP) is 4.39. The molecule has 0 atom stereocenters. The molecule has 7 nitrogen and oxygen atoms in total. The Morgan fingerprint density at radius 3 is 2.71 bits per heavy atom. The number of imidazole rings is 1. The van der Waals surface area contributed by atoms with Gasteiger partial charge in [0.1, 0.15) is 12.7 Å². The van der Waals surface area contributed by atoms with Gasteiger partial charge in [0.2, 0.25) is 5.91 Å². The van der Waals surface area contributed by atoms with Crippen LogP contribution >= 0.6 is 11.8 Å². The normalized spacial score (nSPS) is 11.7. The highest BCUT2D eigenvalue weighted by atomic mass is 32.2. The molecule has 0 radical (unpaired) electrons. The van der Waals surface area contributed by atoms with Crippen LogP contribution in [0, 0.1) is 0 Å². The number of rotatable bonds is 6. The van der Waals surface area contributed by atoms with Crippen molar-refractivity contribution in [3.8, 4) is 5.69 Å². The second kappa shape index (κ2) is 8.42. The number of carbonyl (C=O) groups excluding carboxylic acids is 1. The van der Waals surface area contributed by atoms with E-state index in [2.05, 4.69) is 20.4 Å². The molecule has 2 aromatic carbocycles. The molecule has 1 amide bonds. The van der Waals surface area contributed by atoms with Gasteiger partial charge in [-0.3, -0.25) is 4.79 Å². The summed E-state index contributed by atoms with van der Waals surface area (Å²) in [5.41, 5.74) is 1.18. The summed E-state index contributed by atoms with van der Waals surface area (Å²) in [5, 5.41) is 7.17. The lowest BCUT2D eigenvalue weighted by Crippen LogP contribution is -2.17. The summed E-state index contributed by atoms with van der Waals surface area (Å²) in [6, 6.07) is 10.7. The number of alkyl halides is 3. The third kappa shape index (κ3) is 4.41. The lowest BCUT2D eigenvalue weighted by molar-refractivity contribution is -0.137. The molecule has 0 saturated carbocycles. The van der Waals surface area contributed by atoms with Gasteiger partial charge in [0.25, 0.3) is 0 Å². The Bertz CT molecular complexity index is 1220. The molecule has 2 aromatic heterocycles. The van der Waals surface area contributed by atoms with E-state index in [1.807, 2.05) is 35.8 Å². The Hall–Kier alpha value is -3.34. The van der Waals surface area contributed by atoms with Crippen LogP contribution in [-0.2, 0) is 17.5 Å². The van der Waals surface area contributed by atoms with Gasteiger partial charge in [-0.15, -0.1) is 0 Å². The SMILES string of the molecule is CCn1c(SCC(=O)Nc2cc(C(F)(F)F)ccc2-n2cncn2)nc2ccccc21. The smallest absolute Gasteiger partial charge is 0.323 e. The number of carbonyl (C=O) groups is 1. The molecule has 0 fully saturated rings. The molecule has 11 heteroatoms. The lowest BCUT2D eigenvalue weighted by Gasteiger charge is -2.14. The summed E-state index contributed by atoms with van der Waals surface area (Å²) in [5.74, 6) is -0.475. The molecular weight excluding hydrogens is 429 g/mol. The van der Waals surface area contributed by atoms with E-state index in [9.17, 15) is 18.0 Å². The highest BCUT2D eigenvalue weighted by Crippen LogP contribution is 2.33. The highest BCUT2D eigenvalue weighted by Gasteiger charge is 2.31. The second-order valence-electron chi connectivity index (χ2n) is 6.53. The minimum Gasteiger partial charge on any atom is -0.323 e. The minimum atomic E-state index is -4.54. The molecule has 0 spiro atoms. The molecule has 4 rings (SSSR count). The van der Waals surface area contributed by atoms with Crippen LogP contribution in [0.1, 0.15) is 12.5 Å². The van der Waals surface area contributed by atoms with Gasteiger partial charge in [0, 0.05) is 6.54 Å². The van der Waals surface area contributed by atoms with Crippen LogP contribution < -0.4 is 5.32 Å². The number of amides is 1. The van der Waals surface area contributed by atoms with Crippen molar-refractivity contribution in [1.29, 1.82) is 0 Å². The summed E-state index contributed by atoms with van der Waals surface area (Å²) in [7, 11) is 0. The number of nitrogens with one attached hydrogen (secondary N) is 1. The molecule has 2 heterocycles. The zero-order valence-corrected chi connectivity index (χ0v) is 17.1. The Balaban J connectivity index is 1.56. The summed E-state index contributed by atoms with van der Waals surface area (Å²) in [4.78, 5) is 20.9. The van der Waals surface area contributed by atoms with Gasteiger partial charge in [-0.1, -0.05) is 23.9 Å². The van der Waals surface area contributed by atoms with E-state index in [1.165, 1.54) is 35.2 Å². The van der Waals surface area contributed by atoms with Gasteiger partial charge in [-0.05, 0) is 37.3 Å². The maximum atomic E-state index is 13.2. The largest absolute Gasteiger partial charge is 0.416 e. The third-order valence-corrected chi connectivity index (χ3v) is 5.51. The van der Waals surface area contributed by atoms with Crippen LogP contribution in [0.2, 0.25) is 0 Å². The van der Waals surface area contributed by atoms with E-state index in [0.717, 1.165) is 23.2 Å². The Morgan fingerprint density at radius 1 is 1.19 bits per heavy atom. The Kier molecular flexibility index (Phi) is 5.68. The predicted molar refractivity (Wildman–Crippen MR) is 111 cm³/mol. The van der Waals surface area contributed by atoms with Crippen molar-refractivity contribution in [3.05, 3.63) is 60.7 Å². The van der Waals surface area contributed by atoms with Crippen molar-refractivity contribution in [2.45, 2.75) is 24.8 Å². The van der Waals surface area contributed by atoms with Gasteiger partial charge in [0.05, 0.1) is 33.7 Å². The number of benzene rings is 2. The first kappa shape index (κ1) is 20.9. The van der Waals surface area contributed by atoms with E-state index in [1.54, 1.807) is 0 Å². The van der Waals surface area contributed by atoms with Crippen molar-refractivity contribution in [1.82, 2.24) is 24.3 Å². The van der Waals surface area contributed by atoms with Gasteiger partial charge < -0.3 is 9.88 Å². The van der Waals surface area contributed by atoms with E-state index < -0.39 is 17.6 Å². The molecule has 0 aliphatic rings. The molecule has 1 N–H and O–H groups in total. The van der Waals surface area contributed by atoms with Gasteiger partial charge in [0.15, 0.2) is 5.16 Å². The zero-order chi connectivity index (χ0) is 22.0. The van der Waals surface area contributed by atoms with E-state index in [4.69, 9.17) is 0 Å².